The minimum atomic E-state index is -0.288. The highest BCUT2D eigenvalue weighted by molar-refractivity contribution is 9.10. The monoisotopic (exact) mass is 333 g/mol. The number of hydrogen-bond donors (Lipinski definition) is 2. The van der Waals surface area contributed by atoms with Crippen LogP contribution in [0.1, 0.15) is 24.1 Å². The largest absolute Gasteiger partial charge is 0.399 e. The van der Waals surface area contributed by atoms with Gasteiger partial charge in [-0.2, -0.15) is 0 Å². The smallest absolute Gasteiger partial charge is 0.232 e. The minimum absolute atomic E-state index is 0.107. The first-order valence-corrected chi connectivity index (χ1v) is 7.06. The summed E-state index contributed by atoms with van der Waals surface area (Å²) in [6, 6.07) is 11.0. The molecular formula is C15H16BrN3O. The van der Waals surface area contributed by atoms with Gasteiger partial charge in [0.05, 0.1) is 11.6 Å². The summed E-state index contributed by atoms with van der Waals surface area (Å²) in [4.78, 5) is 16.5. The fraction of sp³-hybridized carbons (Fsp3) is 0.200. The predicted octanol–water partition coefficient (Wildman–Crippen LogP) is 3.48. The number of pyridine rings is 1. The Morgan fingerprint density at radius 3 is 2.75 bits per heavy atom. The van der Waals surface area contributed by atoms with Gasteiger partial charge in [-0.15, -0.1) is 0 Å². The van der Waals surface area contributed by atoms with E-state index in [-0.39, 0.29) is 11.8 Å². The van der Waals surface area contributed by atoms with E-state index in [0.717, 1.165) is 15.7 Å². The van der Waals surface area contributed by atoms with Gasteiger partial charge in [0.25, 0.3) is 0 Å². The summed E-state index contributed by atoms with van der Waals surface area (Å²) in [5, 5.41) is 2.82. The van der Waals surface area contributed by atoms with Gasteiger partial charge in [0.2, 0.25) is 5.91 Å². The van der Waals surface area contributed by atoms with Gasteiger partial charge in [0.1, 0.15) is 5.82 Å². The first-order valence-electron chi connectivity index (χ1n) is 6.27. The second-order valence-corrected chi connectivity index (χ2v) is 5.50. The van der Waals surface area contributed by atoms with Crippen molar-refractivity contribution < 1.29 is 4.79 Å². The van der Waals surface area contributed by atoms with Crippen LogP contribution in [0.3, 0.4) is 0 Å². The van der Waals surface area contributed by atoms with Crippen LogP contribution in [0.2, 0.25) is 0 Å². The number of hydrogen-bond acceptors (Lipinski definition) is 3. The lowest BCUT2D eigenvalue weighted by atomic mass is 10.00. The van der Waals surface area contributed by atoms with E-state index in [0.29, 0.717) is 11.5 Å². The van der Waals surface area contributed by atoms with Gasteiger partial charge in [0.15, 0.2) is 0 Å². The van der Waals surface area contributed by atoms with Crippen molar-refractivity contribution in [1.29, 1.82) is 0 Å². The van der Waals surface area contributed by atoms with Crippen molar-refractivity contribution in [2.45, 2.75) is 19.8 Å². The third-order valence-electron chi connectivity index (χ3n) is 3.08. The molecule has 1 atom stereocenters. The molecule has 0 bridgehead atoms. The zero-order chi connectivity index (χ0) is 14.7. The van der Waals surface area contributed by atoms with Crippen LogP contribution in [0.4, 0.5) is 11.5 Å². The van der Waals surface area contributed by atoms with Crippen LogP contribution in [0.25, 0.3) is 0 Å². The van der Waals surface area contributed by atoms with Crippen molar-refractivity contribution in [3.8, 4) is 0 Å². The van der Waals surface area contributed by atoms with Gasteiger partial charge in [-0.1, -0.05) is 12.1 Å². The number of halogens is 1. The summed E-state index contributed by atoms with van der Waals surface area (Å²) >= 11 is 3.38. The molecule has 0 spiro atoms. The van der Waals surface area contributed by atoms with Gasteiger partial charge in [-0.25, -0.2) is 4.98 Å². The zero-order valence-corrected chi connectivity index (χ0v) is 12.9. The van der Waals surface area contributed by atoms with Crippen molar-refractivity contribution in [3.63, 3.8) is 0 Å². The zero-order valence-electron chi connectivity index (χ0n) is 11.4. The fourth-order valence-electron chi connectivity index (χ4n) is 1.83. The van der Waals surface area contributed by atoms with Crippen molar-refractivity contribution >= 4 is 33.3 Å². The van der Waals surface area contributed by atoms with Crippen LogP contribution in [0.15, 0.2) is 40.9 Å². The molecule has 1 heterocycles. The molecule has 0 aliphatic carbocycles. The Kier molecular flexibility index (Phi) is 4.39. The Bertz CT molecular complexity index is 643. The highest BCUT2D eigenvalue weighted by Crippen LogP contribution is 2.21. The van der Waals surface area contributed by atoms with E-state index in [1.807, 2.05) is 38.1 Å². The Hall–Kier alpha value is -1.88. The van der Waals surface area contributed by atoms with Crippen LogP contribution < -0.4 is 11.1 Å². The molecule has 1 aromatic carbocycles. The number of carbonyl (C=O) groups is 1. The average Bonchev–Trinajstić information content (AvgIpc) is 2.42. The lowest BCUT2D eigenvalue weighted by Crippen LogP contribution is -2.19. The number of rotatable bonds is 3. The summed E-state index contributed by atoms with van der Waals surface area (Å²) in [5.41, 5.74) is 8.11. The number of aryl methyl sites for hydroxylation is 1. The molecule has 0 saturated carbocycles. The Morgan fingerprint density at radius 1 is 1.35 bits per heavy atom. The first kappa shape index (κ1) is 14.5. The van der Waals surface area contributed by atoms with E-state index in [1.54, 1.807) is 12.1 Å². The molecule has 0 radical (unpaired) electrons. The normalized spacial score (nSPS) is 11.9. The molecule has 1 unspecified atom stereocenters. The standard InChI is InChI=1S/C15H16BrN3O/c1-9(11-4-3-5-12(17)8-11)15(20)19-14-7-6-13(16)10(2)18-14/h3-9H,17H2,1-2H3,(H,18,19,20). The number of carbonyl (C=O) groups excluding carboxylic acids is 1. The topological polar surface area (TPSA) is 68.0 Å². The maximum atomic E-state index is 12.2. The van der Waals surface area contributed by atoms with E-state index in [4.69, 9.17) is 5.73 Å². The molecule has 3 N–H and O–H groups in total. The van der Waals surface area contributed by atoms with Crippen LogP contribution >= 0.6 is 15.9 Å². The maximum Gasteiger partial charge on any atom is 0.232 e. The maximum absolute atomic E-state index is 12.2. The van der Waals surface area contributed by atoms with Crippen LogP contribution in [-0.4, -0.2) is 10.9 Å². The number of nitrogens with one attached hydrogen (secondary N) is 1. The average molecular weight is 334 g/mol. The molecule has 5 heteroatoms. The van der Waals surface area contributed by atoms with Crippen molar-refractivity contribution in [2.75, 3.05) is 11.1 Å². The van der Waals surface area contributed by atoms with E-state index in [9.17, 15) is 4.79 Å². The van der Waals surface area contributed by atoms with Crippen molar-refractivity contribution in [1.82, 2.24) is 4.98 Å². The number of amides is 1. The molecular weight excluding hydrogens is 318 g/mol. The molecule has 0 fully saturated rings. The molecule has 1 amide bonds. The summed E-state index contributed by atoms with van der Waals surface area (Å²) in [6.45, 7) is 3.72. The number of nitrogens with two attached hydrogens (primary N) is 1. The Morgan fingerprint density at radius 2 is 2.10 bits per heavy atom. The Labute approximate surface area is 126 Å². The fourth-order valence-corrected chi connectivity index (χ4v) is 2.05. The molecule has 20 heavy (non-hydrogen) atoms. The molecule has 104 valence electrons. The minimum Gasteiger partial charge on any atom is -0.399 e. The lowest BCUT2D eigenvalue weighted by molar-refractivity contribution is -0.117. The predicted molar refractivity (Wildman–Crippen MR) is 84.6 cm³/mol. The molecule has 0 aliphatic rings. The third-order valence-corrected chi connectivity index (χ3v) is 3.91. The molecule has 0 aliphatic heterocycles. The molecule has 4 nitrogen and oxygen atoms in total. The van der Waals surface area contributed by atoms with E-state index in [2.05, 4.69) is 26.2 Å². The van der Waals surface area contributed by atoms with Gasteiger partial charge >= 0.3 is 0 Å². The number of nitrogen functional groups attached to an aromatic ring is 1. The molecule has 1 aromatic heterocycles. The molecule has 2 aromatic rings. The van der Waals surface area contributed by atoms with Gasteiger partial charge in [0, 0.05) is 10.2 Å². The van der Waals surface area contributed by atoms with Crippen molar-refractivity contribution in [3.05, 3.63) is 52.1 Å². The van der Waals surface area contributed by atoms with E-state index >= 15 is 0 Å². The van der Waals surface area contributed by atoms with Gasteiger partial charge in [-0.05, 0) is 59.6 Å². The van der Waals surface area contributed by atoms with Crippen LogP contribution in [-0.2, 0) is 4.79 Å². The van der Waals surface area contributed by atoms with Crippen LogP contribution in [0.5, 0.6) is 0 Å². The highest BCUT2D eigenvalue weighted by Gasteiger charge is 2.16. The van der Waals surface area contributed by atoms with Crippen molar-refractivity contribution in [2.24, 2.45) is 0 Å². The summed E-state index contributed by atoms with van der Waals surface area (Å²) in [7, 11) is 0. The number of benzene rings is 1. The van der Waals surface area contributed by atoms with Crippen LogP contribution in [0, 0.1) is 6.92 Å². The number of nitrogens with zero attached hydrogens (tertiary/aromatic N) is 1. The molecule has 2 rings (SSSR count). The van der Waals surface area contributed by atoms with E-state index < -0.39 is 0 Å². The lowest BCUT2D eigenvalue weighted by Gasteiger charge is -2.13. The summed E-state index contributed by atoms with van der Waals surface area (Å²) < 4.78 is 0.916. The second kappa shape index (κ2) is 6.05. The quantitative estimate of drug-likeness (QED) is 0.845. The number of aromatic nitrogens is 1. The van der Waals surface area contributed by atoms with Gasteiger partial charge < -0.3 is 11.1 Å². The third kappa shape index (κ3) is 3.36. The molecule has 0 saturated heterocycles. The van der Waals surface area contributed by atoms with Gasteiger partial charge in [-0.3, -0.25) is 4.79 Å². The Balaban J connectivity index is 2.13. The number of anilines is 2. The summed E-state index contributed by atoms with van der Waals surface area (Å²) in [5.74, 6) is 0.153. The summed E-state index contributed by atoms with van der Waals surface area (Å²) in [6.07, 6.45) is 0. The SMILES string of the molecule is Cc1nc(NC(=O)C(C)c2cccc(N)c2)ccc1Br. The first-order chi connectivity index (χ1) is 9.47. The second-order valence-electron chi connectivity index (χ2n) is 4.64. The highest BCUT2D eigenvalue weighted by atomic mass is 79.9. The van der Waals surface area contributed by atoms with E-state index in [1.165, 1.54) is 0 Å².